The van der Waals surface area contributed by atoms with E-state index >= 15 is 0 Å². The van der Waals surface area contributed by atoms with Gasteiger partial charge in [-0.1, -0.05) is 11.8 Å². The van der Waals surface area contributed by atoms with Crippen molar-refractivity contribution in [1.29, 1.82) is 0 Å². The fourth-order valence-corrected chi connectivity index (χ4v) is 2.69. The van der Waals surface area contributed by atoms with Gasteiger partial charge >= 0.3 is 0 Å². The number of nitrogens with zero attached hydrogens (tertiary/aromatic N) is 1. The number of carbonyl (C=O) groups is 1. The fraction of sp³-hybridized carbons (Fsp3) is 0.529. The molecule has 0 aromatic carbocycles. The largest absolute Gasteiger partial charge is 0.378 e. The molecule has 3 rings (SSSR count). The minimum absolute atomic E-state index is 0.117. The molecule has 21 heavy (non-hydrogen) atoms. The van der Waals surface area contributed by atoms with Gasteiger partial charge in [0.25, 0.3) is 5.91 Å². The molecule has 1 amide bonds. The number of carbonyl (C=O) groups excluding carboxylic acids is 1. The van der Waals surface area contributed by atoms with Crippen molar-refractivity contribution in [3.05, 3.63) is 29.6 Å². The molecule has 0 spiro atoms. The predicted octanol–water partition coefficient (Wildman–Crippen LogP) is 2.02. The van der Waals surface area contributed by atoms with E-state index in [4.69, 9.17) is 0 Å². The third-order valence-electron chi connectivity index (χ3n) is 4.31. The number of aromatic nitrogens is 1. The summed E-state index contributed by atoms with van der Waals surface area (Å²) in [6.07, 6.45) is 8.47. The quantitative estimate of drug-likeness (QED) is 0.817. The SMILES string of the molecule is O=C(NC1CCC1)c1ccc(C#CC2(O)CCCC2)cn1. The van der Waals surface area contributed by atoms with Crippen LogP contribution in [-0.2, 0) is 0 Å². The van der Waals surface area contributed by atoms with Gasteiger partial charge in [0, 0.05) is 17.8 Å². The maximum absolute atomic E-state index is 11.9. The number of hydrogen-bond acceptors (Lipinski definition) is 3. The Morgan fingerprint density at radius 3 is 2.62 bits per heavy atom. The number of rotatable bonds is 2. The zero-order valence-electron chi connectivity index (χ0n) is 12.1. The average Bonchev–Trinajstić information content (AvgIpc) is 2.88. The van der Waals surface area contributed by atoms with Crippen molar-refractivity contribution in [2.45, 2.75) is 56.6 Å². The molecule has 1 aromatic rings. The van der Waals surface area contributed by atoms with E-state index in [1.54, 1.807) is 18.3 Å². The topological polar surface area (TPSA) is 62.2 Å². The summed E-state index contributed by atoms with van der Waals surface area (Å²) in [5.41, 5.74) is 0.322. The van der Waals surface area contributed by atoms with Gasteiger partial charge in [0.2, 0.25) is 0 Å². The van der Waals surface area contributed by atoms with Gasteiger partial charge in [-0.3, -0.25) is 4.79 Å². The minimum atomic E-state index is -0.833. The van der Waals surface area contributed by atoms with Crippen molar-refractivity contribution in [1.82, 2.24) is 10.3 Å². The smallest absolute Gasteiger partial charge is 0.270 e. The van der Waals surface area contributed by atoms with Crippen LogP contribution in [0.1, 0.15) is 61.0 Å². The molecule has 2 aliphatic carbocycles. The Labute approximate surface area is 125 Å². The maximum Gasteiger partial charge on any atom is 0.270 e. The van der Waals surface area contributed by atoms with Crippen molar-refractivity contribution >= 4 is 5.91 Å². The molecule has 4 nitrogen and oxygen atoms in total. The number of hydrogen-bond donors (Lipinski definition) is 2. The Bertz CT molecular complexity index is 573. The van der Waals surface area contributed by atoms with Gasteiger partial charge in [-0.15, -0.1) is 0 Å². The first-order valence-electron chi connectivity index (χ1n) is 7.67. The van der Waals surface area contributed by atoms with E-state index in [-0.39, 0.29) is 5.91 Å². The first-order chi connectivity index (χ1) is 10.1. The minimum Gasteiger partial charge on any atom is -0.378 e. The molecule has 1 aromatic heterocycles. The molecule has 110 valence electrons. The summed E-state index contributed by atoms with van der Waals surface area (Å²) >= 11 is 0. The molecule has 0 atom stereocenters. The van der Waals surface area contributed by atoms with Crippen LogP contribution in [0.15, 0.2) is 18.3 Å². The lowest BCUT2D eigenvalue weighted by atomic mass is 9.93. The lowest BCUT2D eigenvalue weighted by Gasteiger charge is -2.26. The standard InChI is InChI=1S/C17H20N2O2/c20-16(19-14-4-3-5-14)15-7-6-13(12-18-15)8-11-17(21)9-1-2-10-17/h6-7,12,14,21H,1-5,9-10H2,(H,19,20). The van der Waals surface area contributed by atoms with E-state index in [2.05, 4.69) is 22.1 Å². The molecule has 2 N–H and O–H groups in total. The number of amides is 1. The van der Waals surface area contributed by atoms with E-state index in [0.29, 0.717) is 11.7 Å². The van der Waals surface area contributed by atoms with Crippen LogP contribution in [0.4, 0.5) is 0 Å². The highest BCUT2D eigenvalue weighted by Crippen LogP contribution is 2.28. The molecule has 0 aliphatic heterocycles. The van der Waals surface area contributed by atoms with Crippen LogP contribution in [0.3, 0.4) is 0 Å². The summed E-state index contributed by atoms with van der Waals surface area (Å²) in [4.78, 5) is 16.1. The number of pyridine rings is 1. The molecule has 0 saturated heterocycles. The van der Waals surface area contributed by atoms with Crippen LogP contribution in [0.5, 0.6) is 0 Å². The normalized spacial score (nSPS) is 20.2. The van der Waals surface area contributed by atoms with Gasteiger partial charge in [-0.2, -0.15) is 0 Å². The lowest BCUT2D eigenvalue weighted by molar-refractivity contribution is 0.0911. The first kappa shape index (κ1) is 14.1. The Hall–Kier alpha value is -1.86. The molecular weight excluding hydrogens is 264 g/mol. The van der Waals surface area contributed by atoms with Gasteiger partial charge in [-0.05, 0) is 57.1 Å². The lowest BCUT2D eigenvalue weighted by Crippen LogP contribution is -2.39. The highest BCUT2D eigenvalue weighted by atomic mass is 16.3. The average molecular weight is 284 g/mol. The second-order valence-electron chi connectivity index (χ2n) is 6.02. The molecular formula is C17H20N2O2. The zero-order chi connectivity index (χ0) is 14.7. The van der Waals surface area contributed by atoms with Crippen molar-refractivity contribution in [2.75, 3.05) is 0 Å². The predicted molar refractivity (Wildman–Crippen MR) is 79.6 cm³/mol. The molecule has 4 heteroatoms. The molecule has 0 unspecified atom stereocenters. The van der Waals surface area contributed by atoms with Crippen LogP contribution >= 0.6 is 0 Å². The maximum atomic E-state index is 11.9. The monoisotopic (exact) mass is 284 g/mol. The highest BCUT2D eigenvalue weighted by Gasteiger charge is 2.28. The van der Waals surface area contributed by atoms with Crippen LogP contribution in [0, 0.1) is 11.8 Å². The molecule has 2 saturated carbocycles. The summed E-state index contributed by atoms with van der Waals surface area (Å²) in [5.74, 6) is 5.78. The van der Waals surface area contributed by atoms with Gasteiger partial charge in [0.15, 0.2) is 0 Å². The van der Waals surface area contributed by atoms with E-state index < -0.39 is 5.60 Å². The first-order valence-corrected chi connectivity index (χ1v) is 7.67. The van der Waals surface area contributed by atoms with Gasteiger partial charge < -0.3 is 10.4 Å². The third-order valence-corrected chi connectivity index (χ3v) is 4.31. The second-order valence-corrected chi connectivity index (χ2v) is 6.02. The van der Waals surface area contributed by atoms with E-state index in [0.717, 1.165) is 44.1 Å². The Balaban J connectivity index is 1.63. The fourth-order valence-electron chi connectivity index (χ4n) is 2.69. The van der Waals surface area contributed by atoms with Gasteiger partial charge in [0.1, 0.15) is 11.3 Å². The van der Waals surface area contributed by atoms with Crippen molar-refractivity contribution in [3.8, 4) is 11.8 Å². The van der Waals surface area contributed by atoms with Crippen LogP contribution in [0.25, 0.3) is 0 Å². The van der Waals surface area contributed by atoms with Crippen LogP contribution < -0.4 is 5.32 Å². The summed E-state index contributed by atoms with van der Waals surface area (Å²) in [6, 6.07) is 3.79. The molecule has 0 radical (unpaired) electrons. The molecule has 2 fully saturated rings. The van der Waals surface area contributed by atoms with Crippen LogP contribution in [0.2, 0.25) is 0 Å². The van der Waals surface area contributed by atoms with Crippen molar-refractivity contribution < 1.29 is 9.90 Å². The van der Waals surface area contributed by atoms with Gasteiger partial charge in [0.05, 0.1) is 0 Å². The van der Waals surface area contributed by atoms with Crippen LogP contribution in [-0.4, -0.2) is 27.6 Å². The van der Waals surface area contributed by atoms with Gasteiger partial charge in [-0.25, -0.2) is 4.98 Å². The van der Waals surface area contributed by atoms with Crippen molar-refractivity contribution in [2.24, 2.45) is 0 Å². The summed E-state index contributed by atoms with van der Waals surface area (Å²) in [6.45, 7) is 0. The molecule has 0 bridgehead atoms. The number of nitrogens with one attached hydrogen (secondary N) is 1. The third kappa shape index (κ3) is 3.43. The Kier molecular flexibility index (Phi) is 3.94. The Morgan fingerprint density at radius 1 is 1.29 bits per heavy atom. The summed E-state index contributed by atoms with van der Waals surface area (Å²) < 4.78 is 0. The second kappa shape index (κ2) is 5.87. The summed E-state index contributed by atoms with van der Waals surface area (Å²) in [5, 5.41) is 13.1. The van der Waals surface area contributed by atoms with Crippen molar-refractivity contribution in [3.63, 3.8) is 0 Å². The summed E-state index contributed by atoms with van der Waals surface area (Å²) in [7, 11) is 0. The molecule has 1 heterocycles. The Morgan fingerprint density at radius 2 is 2.05 bits per heavy atom. The highest BCUT2D eigenvalue weighted by molar-refractivity contribution is 5.92. The zero-order valence-corrected chi connectivity index (χ0v) is 12.1. The van der Waals surface area contributed by atoms with E-state index in [9.17, 15) is 9.90 Å². The van der Waals surface area contributed by atoms with E-state index in [1.807, 2.05) is 0 Å². The number of aliphatic hydroxyl groups is 1. The molecule has 2 aliphatic rings. The van der Waals surface area contributed by atoms with E-state index in [1.165, 1.54) is 6.42 Å².